The maximum absolute atomic E-state index is 13.0. The number of carbonyl (C=O) groups is 1. The highest BCUT2D eigenvalue weighted by Gasteiger charge is 2.36. The Hall–Kier alpha value is -3.44. The Kier molecular flexibility index (Phi) is 5.85. The van der Waals surface area contributed by atoms with E-state index in [1.165, 1.54) is 24.3 Å². The summed E-state index contributed by atoms with van der Waals surface area (Å²) in [4.78, 5) is 24.6. The fourth-order valence-corrected chi connectivity index (χ4v) is 4.52. The number of amides is 1. The molecule has 1 saturated heterocycles. The first-order valence-corrected chi connectivity index (χ1v) is 10.6. The third-order valence-electron chi connectivity index (χ3n) is 4.80. The molecule has 1 amide bonds. The van der Waals surface area contributed by atoms with Gasteiger partial charge in [0.05, 0.1) is 21.1 Å². The summed E-state index contributed by atoms with van der Waals surface area (Å²) in [7, 11) is 0. The zero-order valence-corrected chi connectivity index (χ0v) is 18.4. The molecule has 1 aliphatic rings. The van der Waals surface area contributed by atoms with Crippen molar-refractivity contribution in [3.63, 3.8) is 0 Å². The van der Waals surface area contributed by atoms with Crippen molar-refractivity contribution in [2.75, 3.05) is 4.90 Å². The largest absolute Gasteiger partial charge is 0.457 e. The first-order chi connectivity index (χ1) is 15.5. The number of thioether (sulfide) groups is 1. The molecular weight excluding hydrogens is 477 g/mol. The monoisotopic (exact) mass is 490 g/mol. The molecule has 1 aliphatic heterocycles. The number of hydrogen-bond donors (Lipinski definition) is 0. The number of alkyl halides is 3. The van der Waals surface area contributed by atoms with E-state index in [2.05, 4.69) is 0 Å². The van der Waals surface area contributed by atoms with E-state index in [1.54, 1.807) is 31.2 Å². The van der Waals surface area contributed by atoms with E-state index in [9.17, 15) is 28.1 Å². The van der Waals surface area contributed by atoms with Crippen LogP contribution >= 0.6 is 24.0 Å². The molecule has 0 aliphatic carbocycles. The van der Waals surface area contributed by atoms with Gasteiger partial charge in [0.25, 0.3) is 11.6 Å². The van der Waals surface area contributed by atoms with Crippen LogP contribution in [0.4, 0.5) is 24.5 Å². The number of halogens is 3. The Balaban J connectivity index is 1.60. The minimum absolute atomic E-state index is 0.0104. The Morgan fingerprint density at radius 3 is 2.58 bits per heavy atom. The molecular formula is C22H13F3N2O4S2. The fourth-order valence-electron chi connectivity index (χ4n) is 3.24. The first-order valence-electron chi connectivity index (χ1n) is 9.35. The number of rotatable bonds is 4. The van der Waals surface area contributed by atoms with Crippen LogP contribution in [0.15, 0.2) is 63.9 Å². The number of nitro groups is 1. The molecule has 0 N–H and O–H groups in total. The molecule has 2 aromatic carbocycles. The van der Waals surface area contributed by atoms with Gasteiger partial charge in [-0.3, -0.25) is 19.8 Å². The second kappa shape index (κ2) is 8.49. The Labute approximate surface area is 194 Å². The molecule has 1 aromatic heterocycles. The number of benzene rings is 2. The highest BCUT2D eigenvalue weighted by molar-refractivity contribution is 8.27. The summed E-state index contributed by atoms with van der Waals surface area (Å²) in [6, 6.07) is 12.2. The molecule has 0 bridgehead atoms. The third-order valence-corrected chi connectivity index (χ3v) is 6.11. The van der Waals surface area contributed by atoms with Crippen molar-refractivity contribution in [1.82, 2.24) is 0 Å². The van der Waals surface area contributed by atoms with Crippen molar-refractivity contribution in [2.24, 2.45) is 0 Å². The summed E-state index contributed by atoms with van der Waals surface area (Å²) in [6.07, 6.45) is -3.10. The number of anilines is 1. The second-order valence-corrected chi connectivity index (χ2v) is 8.70. The lowest BCUT2D eigenvalue weighted by Gasteiger charge is -2.16. The molecule has 0 spiro atoms. The lowest BCUT2D eigenvalue weighted by molar-refractivity contribution is -0.385. The van der Waals surface area contributed by atoms with Crippen molar-refractivity contribution in [2.45, 2.75) is 13.1 Å². The molecule has 0 radical (unpaired) electrons. The summed E-state index contributed by atoms with van der Waals surface area (Å²) in [5.41, 5.74) is 0.222. The summed E-state index contributed by atoms with van der Waals surface area (Å²) in [6.45, 7) is 1.62. The topological polar surface area (TPSA) is 76.6 Å². The van der Waals surface area contributed by atoms with E-state index in [0.29, 0.717) is 22.6 Å². The smallest absolute Gasteiger partial charge is 0.416 e. The molecule has 0 unspecified atom stereocenters. The lowest BCUT2D eigenvalue weighted by atomic mass is 10.1. The predicted octanol–water partition coefficient (Wildman–Crippen LogP) is 6.59. The maximum Gasteiger partial charge on any atom is 0.416 e. The third kappa shape index (κ3) is 4.55. The maximum atomic E-state index is 13.0. The van der Waals surface area contributed by atoms with Gasteiger partial charge in [-0.1, -0.05) is 30.0 Å². The van der Waals surface area contributed by atoms with Gasteiger partial charge < -0.3 is 4.42 Å². The van der Waals surface area contributed by atoms with Crippen LogP contribution in [0.25, 0.3) is 17.4 Å². The second-order valence-electron chi connectivity index (χ2n) is 7.03. The Morgan fingerprint density at radius 2 is 1.91 bits per heavy atom. The SMILES string of the molecule is Cc1cc(-c2ccc(/C=C3\SC(=S)N(c4cccc(C(F)(F)F)c4)C3=O)o2)ccc1[N+](=O)[O-]. The van der Waals surface area contributed by atoms with Crippen molar-refractivity contribution >= 4 is 51.7 Å². The van der Waals surface area contributed by atoms with Crippen LogP contribution in [-0.2, 0) is 11.0 Å². The van der Waals surface area contributed by atoms with E-state index < -0.39 is 22.6 Å². The number of furan rings is 1. The molecule has 11 heteroatoms. The van der Waals surface area contributed by atoms with E-state index in [4.69, 9.17) is 16.6 Å². The van der Waals surface area contributed by atoms with Gasteiger partial charge in [0.2, 0.25) is 0 Å². The zero-order chi connectivity index (χ0) is 23.9. The van der Waals surface area contributed by atoms with Crippen LogP contribution in [0.1, 0.15) is 16.9 Å². The summed E-state index contributed by atoms with van der Waals surface area (Å²) >= 11 is 6.17. The number of nitrogens with zero attached hydrogens (tertiary/aromatic N) is 2. The number of aryl methyl sites for hydroxylation is 1. The Morgan fingerprint density at radius 1 is 1.15 bits per heavy atom. The first kappa shape index (κ1) is 22.7. The fraction of sp³-hybridized carbons (Fsp3) is 0.0909. The molecule has 4 rings (SSSR count). The van der Waals surface area contributed by atoms with Gasteiger partial charge in [-0.25, -0.2) is 0 Å². The van der Waals surface area contributed by atoms with Gasteiger partial charge in [0.1, 0.15) is 11.5 Å². The predicted molar refractivity (Wildman–Crippen MR) is 123 cm³/mol. The van der Waals surface area contributed by atoms with E-state index in [1.807, 2.05) is 0 Å². The van der Waals surface area contributed by atoms with Gasteiger partial charge in [0, 0.05) is 23.3 Å². The van der Waals surface area contributed by atoms with Crippen molar-refractivity contribution in [3.8, 4) is 11.3 Å². The standard InChI is InChI=1S/C22H13F3N2O4S2/c1-12-9-13(5-7-17(12)27(29)30)18-8-6-16(31-18)11-19-20(28)26(21(32)33-19)15-4-2-3-14(10-15)22(23,24)25/h2-11H,1H3/b19-11-. The highest BCUT2D eigenvalue weighted by atomic mass is 32.2. The average molecular weight is 490 g/mol. The normalized spacial score (nSPS) is 15.5. The van der Waals surface area contributed by atoms with Gasteiger partial charge in [0.15, 0.2) is 4.32 Å². The van der Waals surface area contributed by atoms with E-state index in [-0.39, 0.29) is 20.6 Å². The molecule has 0 atom stereocenters. The number of nitro benzene ring substituents is 1. The van der Waals surface area contributed by atoms with Crippen molar-refractivity contribution < 1.29 is 27.3 Å². The van der Waals surface area contributed by atoms with Crippen LogP contribution in [0.3, 0.4) is 0 Å². The van der Waals surface area contributed by atoms with E-state index >= 15 is 0 Å². The van der Waals surface area contributed by atoms with Crippen LogP contribution in [-0.4, -0.2) is 15.2 Å². The van der Waals surface area contributed by atoms with Gasteiger partial charge in [-0.05, 0) is 49.4 Å². The van der Waals surface area contributed by atoms with Gasteiger partial charge in [-0.2, -0.15) is 13.2 Å². The summed E-state index contributed by atoms with van der Waals surface area (Å²) in [5, 5.41) is 11.0. The minimum atomic E-state index is -4.55. The zero-order valence-electron chi connectivity index (χ0n) is 16.8. The number of thiocarbonyl (C=S) groups is 1. The molecule has 168 valence electrons. The van der Waals surface area contributed by atoms with Crippen LogP contribution in [0, 0.1) is 17.0 Å². The molecule has 1 fully saturated rings. The average Bonchev–Trinajstić information content (AvgIpc) is 3.31. The Bertz CT molecular complexity index is 1330. The molecule has 6 nitrogen and oxygen atoms in total. The minimum Gasteiger partial charge on any atom is -0.457 e. The quantitative estimate of drug-likeness (QED) is 0.178. The molecule has 2 heterocycles. The van der Waals surface area contributed by atoms with Crippen molar-refractivity contribution in [1.29, 1.82) is 0 Å². The highest BCUT2D eigenvalue weighted by Crippen LogP contribution is 2.39. The molecule has 3 aromatic rings. The van der Waals surface area contributed by atoms with Crippen LogP contribution in [0.2, 0.25) is 0 Å². The molecule has 33 heavy (non-hydrogen) atoms. The lowest BCUT2D eigenvalue weighted by Crippen LogP contribution is -2.27. The summed E-state index contributed by atoms with van der Waals surface area (Å²) in [5.74, 6) is 0.201. The van der Waals surface area contributed by atoms with E-state index in [0.717, 1.165) is 28.8 Å². The summed E-state index contributed by atoms with van der Waals surface area (Å²) < 4.78 is 45.0. The molecule has 0 saturated carbocycles. The van der Waals surface area contributed by atoms with Crippen molar-refractivity contribution in [3.05, 3.63) is 86.5 Å². The number of hydrogen-bond acceptors (Lipinski definition) is 6. The van der Waals surface area contributed by atoms with Crippen LogP contribution < -0.4 is 4.90 Å². The number of carbonyl (C=O) groups excluding carboxylic acids is 1. The van der Waals surface area contributed by atoms with Gasteiger partial charge >= 0.3 is 6.18 Å². The van der Waals surface area contributed by atoms with Crippen LogP contribution in [0.5, 0.6) is 0 Å². The van der Waals surface area contributed by atoms with Gasteiger partial charge in [-0.15, -0.1) is 0 Å².